The fourth-order valence-electron chi connectivity index (χ4n) is 4.71. The third-order valence-corrected chi connectivity index (χ3v) is 7.95. The Bertz CT molecular complexity index is 1050. The van der Waals surface area contributed by atoms with Crippen molar-refractivity contribution in [2.24, 2.45) is 5.92 Å². The number of aromatic nitrogens is 2. The molecule has 3 fully saturated rings. The van der Waals surface area contributed by atoms with Crippen LogP contribution in [0.2, 0.25) is 0 Å². The molecule has 0 radical (unpaired) electrons. The third kappa shape index (κ3) is 3.62. The quantitative estimate of drug-likeness (QED) is 0.438. The van der Waals surface area contributed by atoms with Gasteiger partial charge in [-0.15, -0.1) is 5.10 Å². The number of carbonyl (C=O) groups is 2. The van der Waals surface area contributed by atoms with Crippen molar-refractivity contribution in [3.8, 4) is 0 Å². The van der Waals surface area contributed by atoms with E-state index in [4.69, 9.17) is 4.74 Å². The summed E-state index contributed by atoms with van der Waals surface area (Å²) in [5.41, 5.74) is -0.869. The number of piperidine rings is 3. The van der Waals surface area contributed by atoms with Gasteiger partial charge in [0.15, 0.2) is 11.9 Å². The first kappa shape index (κ1) is 21.2. The van der Waals surface area contributed by atoms with Gasteiger partial charge in [0.25, 0.3) is 0 Å². The zero-order valence-electron chi connectivity index (χ0n) is 17.2. The van der Waals surface area contributed by atoms with Crippen molar-refractivity contribution < 1.29 is 23.9 Å². The van der Waals surface area contributed by atoms with Gasteiger partial charge in [-0.1, -0.05) is 0 Å². The second-order valence-corrected chi connectivity index (χ2v) is 9.89. The summed E-state index contributed by atoms with van der Waals surface area (Å²) in [4.78, 5) is 26.5. The van der Waals surface area contributed by atoms with Crippen LogP contribution in [0.4, 0.5) is 10.6 Å². The molecule has 0 spiro atoms. The monoisotopic (exact) mass is 471 g/mol. The Kier molecular flexibility index (Phi) is 5.54. The Morgan fingerprint density at radius 1 is 1.12 bits per heavy atom. The van der Waals surface area contributed by atoms with Crippen molar-refractivity contribution in [3.05, 3.63) is 63.1 Å². The molecule has 32 heavy (non-hydrogen) atoms. The molecular formula is C22H23N4O4S2+. The SMILES string of the molecule is O=C(O[C@H]1C[N+]2(C(=O)Nc3cccnn3)CCC1CC2)C(O)(c1ccsc1)c1ccsc1. The first-order valence-electron chi connectivity index (χ1n) is 10.5. The van der Waals surface area contributed by atoms with E-state index in [0.717, 1.165) is 12.8 Å². The van der Waals surface area contributed by atoms with E-state index >= 15 is 0 Å². The Morgan fingerprint density at radius 2 is 1.81 bits per heavy atom. The van der Waals surface area contributed by atoms with Crippen molar-refractivity contribution in [2.75, 3.05) is 25.0 Å². The van der Waals surface area contributed by atoms with Crippen LogP contribution in [0.25, 0.3) is 0 Å². The average Bonchev–Trinajstić information content (AvgIpc) is 3.55. The van der Waals surface area contributed by atoms with E-state index in [-0.39, 0.29) is 16.4 Å². The maximum atomic E-state index is 13.4. The highest BCUT2D eigenvalue weighted by molar-refractivity contribution is 7.08. The number of fused-ring (bicyclic) bond motifs is 3. The van der Waals surface area contributed by atoms with Gasteiger partial charge < -0.3 is 9.84 Å². The topological polar surface area (TPSA) is 101 Å². The number of quaternary nitrogens is 1. The lowest BCUT2D eigenvalue weighted by molar-refractivity contribution is -0.869. The Hall–Kier alpha value is -2.66. The molecule has 8 nitrogen and oxygen atoms in total. The minimum absolute atomic E-state index is 0.171. The molecule has 0 unspecified atom stereocenters. The maximum Gasteiger partial charge on any atom is 0.422 e. The molecule has 0 aromatic carbocycles. The number of anilines is 1. The van der Waals surface area contributed by atoms with Crippen molar-refractivity contribution in [3.63, 3.8) is 0 Å². The van der Waals surface area contributed by atoms with Gasteiger partial charge in [0.05, 0.1) is 13.1 Å². The lowest BCUT2D eigenvalue weighted by atomic mass is 9.83. The lowest BCUT2D eigenvalue weighted by Crippen LogP contribution is -2.68. The highest BCUT2D eigenvalue weighted by Crippen LogP contribution is 2.39. The smallest absolute Gasteiger partial charge is 0.422 e. The molecule has 2 N–H and O–H groups in total. The van der Waals surface area contributed by atoms with Crippen LogP contribution >= 0.6 is 22.7 Å². The third-order valence-electron chi connectivity index (χ3n) is 6.58. The molecule has 166 valence electrons. The summed E-state index contributed by atoms with van der Waals surface area (Å²) in [6.07, 6.45) is 2.66. The minimum atomic E-state index is -1.86. The second kappa shape index (κ2) is 8.36. The summed E-state index contributed by atoms with van der Waals surface area (Å²) in [7, 11) is 0. The fourth-order valence-corrected chi connectivity index (χ4v) is 6.11. The molecule has 3 aromatic rings. The van der Waals surface area contributed by atoms with E-state index in [1.807, 2.05) is 10.8 Å². The van der Waals surface area contributed by atoms with Gasteiger partial charge in [-0.2, -0.15) is 27.8 Å². The number of rotatable bonds is 5. The summed E-state index contributed by atoms with van der Waals surface area (Å²) >= 11 is 2.82. The summed E-state index contributed by atoms with van der Waals surface area (Å²) in [6, 6.07) is 6.71. The van der Waals surface area contributed by atoms with Gasteiger partial charge in [-0.25, -0.2) is 14.1 Å². The van der Waals surface area contributed by atoms with Crippen molar-refractivity contribution >= 4 is 40.5 Å². The number of nitrogens with one attached hydrogen (secondary N) is 1. The van der Waals surface area contributed by atoms with Crippen molar-refractivity contribution in [1.29, 1.82) is 0 Å². The summed E-state index contributed by atoms with van der Waals surface area (Å²) < 4.78 is 6.14. The molecule has 10 heteroatoms. The van der Waals surface area contributed by atoms with Crippen molar-refractivity contribution in [2.45, 2.75) is 24.5 Å². The number of hydrogen-bond acceptors (Lipinski definition) is 8. The largest absolute Gasteiger partial charge is 0.453 e. The number of hydrogen-bond donors (Lipinski definition) is 2. The first-order chi connectivity index (χ1) is 15.5. The lowest BCUT2D eigenvalue weighted by Gasteiger charge is -2.49. The van der Waals surface area contributed by atoms with Crippen LogP contribution in [0.3, 0.4) is 0 Å². The number of nitrogens with zero attached hydrogens (tertiary/aromatic N) is 3. The van der Waals surface area contributed by atoms with Crippen LogP contribution in [0.1, 0.15) is 24.0 Å². The number of urea groups is 1. The van der Waals surface area contributed by atoms with Crippen LogP contribution < -0.4 is 5.32 Å². The molecule has 3 aromatic heterocycles. The standard InChI is InChI=1S/C22H22N4O4S2/c27-20(22(29,16-5-10-31-13-16)17-6-11-32-14-17)30-18-12-26(8-3-15(18)4-9-26)21(28)24-19-2-1-7-23-25-19/h1-2,5-7,10-11,13-15,18,29H,3-4,8-9,12H2/p+1/t15?,18-,26?/m0/s1. The van der Waals surface area contributed by atoms with Gasteiger partial charge in [-0.3, -0.25) is 5.32 Å². The molecular weight excluding hydrogens is 448 g/mol. The summed E-state index contributed by atoms with van der Waals surface area (Å²) in [5, 5.41) is 29.3. The normalized spacial score (nSPS) is 24.8. The van der Waals surface area contributed by atoms with Gasteiger partial charge >= 0.3 is 12.0 Å². The van der Waals surface area contributed by atoms with Crippen LogP contribution in [0, 0.1) is 5.92 Å². The predicted molar refractivity (Wildman–Crippen MR) is 120 cm³/mol. The molecule has 6 heterocycles. The number of carbonyl (C=O) groups excluding carboxylic acids is 2. The van der Waals surface area contributed by atoms with E-state index in [2.05, 4.69) is 15.5 Å². The van der Waals surface area contributed by atoms with E-state index in [0.29, 0.717) is 36.6 Å². The van der Waals surface area contributed by atoms with E-state index in [9.17, 15) is 14.7 Å². The highest BCUT2D eigenvalue weighted by Gasteiger charge is 2.54. The molecule has 3 aliphatic rings. The van der Waals surface area contributed by atoms with Crippen LogP contribution in [0.5, 0.6) is 0 Å². The second-order valence-electron chi connectivity index (χ2n) is 8.33. The maximum absolute atomic E-state index is 13.4. The highest BCUT2D eigenvalue weighted by atomic mass is 32.1. The van der Waals surface area contributed by atoms with E-state index < -0.39 is 17.7 Å². The first-order valence-corrected chi connectivity index (χ1v) is 12.3. The van der Waals surface area contributed by atoms with Crippen LogP contribution in [-0.2, 0) is 15.1 Å². The molecule has 6 rings (SSSR count). The number of amides is 2. The Morgan fingerprint density at radius 3 is 2.38 bits per heavy atom. The summed E-state index contributed by atoms with van der Waals surface area (Å²) in [5.74, 6) is -0.117. The van der Waals surface area contributed by atoms with E-state index in [1.54, 1.807) is 41.2 Å². The van der Waals surface area contributed by atoms with Crippen molar-refractivity contribution in [1.82, 2.24) is 10.2 Å². The molecule has 1 atom stereocenters. The minimum Gasteiger partial charge on any atom is -0.453 e. The Labute approximate surface area is 193 Å². The molecule has 2 amide bonds. The molecule has 2 bridgehead atoms. The zero-order chi connectivity index (χ0) is 22.2. The van der Waals surface area contributed by atoms with Gasteiger partial charge in [0.1, 0.15) is 6.54 Å². The number of aliphatic hydroxyl groups is 1. The Balaban J connectivity index is 1.36. The molecule has 3 aliphatic heterocycles. The number of ether oxygens (including phenoxy) is 1. The van der Waals surface area contributed by atoms with E-state index in [1.165, 1.54) is 22.7 Å². The average molecular weight is 472 g/mol. The van der Waals surface area contributed by atoms with Gasteiger partial charge in [-0.05, 0) is 45.8 Å². The zero-order valence-corrected chi connectivity index (χ0v) is 18.8. The molecule has 0 saturated carbocycles. The molecule has 0 aliphatic carbocycles. The molecule has 3 saturated heterocycles. The summed E-state index contributed by atoms with van der Waals surface area (Å²) in [6.45, 7) is 1.75. The number of esters is 1. The van der Waals surface area contributed by atoms with Crippen LogP contribution in [-0.4, -0.2) is 57.5 Å². The number of thiophene rings is 2. The van der Waals surface area contributed by atoms with Gasteiger partial charge in [0.2, 0.25) is 5.60 Å². The fraction of sp³-hybridized carbons (Fsp3) is 0.364. The predicted octanol–water partition coefficient (Wildman–Crippen LogP) is 3.22. The van der Waals surface area contributed by atoms with Crippen LogP contribution in [0.15, 0.2) is 52.0 Å². The van der Waals surface area contributed by atoms with Gasteiger partial charge in [0, 0.05) is 36.1 Å².